The fraction of sp³-hybridized carbons (Fsp3) is 0.476. The Morgan fingerprint density at radius 3 is 2.26 bits per heavy atom. The first-order valence-corrected chi connectivity index (χ1v) is 11.3. The number of benzene rings is 1. The van der Waals surface area contributed by atoms with E-state index < -0.39 is 10.0 Å². The number of para-hydroxylation sites is 1. The van der Waals surface area contributed by atoms with Crippen LogP contribution in [-0.4, -0.2) is 27.8 Å². The number of aromatic nitrogens is 1. The summed E-state index contributed by atoms with van der Waals surface area (Å²) in [6.07, 6.45) is 4.50. The van der Waals surface area contributed by atoms with Gasteiger partial charge in [-0.3, -0.25) is 9.29 Å². The van der Waals surface area contributed by atoms with E-state index >= 15 is 0 Å². The van der Waals surface area contributed by atoms with Crippen LogP contribution in [0.5, 0.6) is 0 Å². The van der Waals surface area contributed by atoms with Crippen molar-refractivity contribution in [3.8, 4) is 0 Å². The zero-order chi connectivity index (χ0) is 21.0. The van der Waals surface area contributed by atoms with Crippen LogP contribution in [0.4, 0.5) is 5.69 Å². The third-order valence-corrected chi connectivity index (χ3v) is 5.46. The lowest BCUT2D eigenvalue weighted by Crippen LogP contribution is -2.36. The Balaban J connectivity index is 0.00000103. The fourth-order valence-electron chi connectivity index (χ4n) is 2.75. The van der Waals surface area contributed by atoms with Crippen molar-refractivity contribution in [2.75, 3.05) is 10.8 Å². The van der Waals surface area contributed by atoms with Crippen LogP contribution in [0.3, 0.4) is 0 Å². The van der Waals surface area contributed by atoms with Crippen LogP contribution in [0.1, 0.15) is 59.1 Å². The van der Waals surface area contributed by atoms with Crippen molar-refractivity contribution < 1.29 is 8.42 Å². The highest BCUT2D eigenvalue weighted by molar-refractivity contribution is 7.92. The first-order valence-electron chi connectivity index (χ1n) is 9.82. The quantitative estimate of drug-likeness (QED) is 0.717. The maximum atomic E-state index is 12.9. The molecule has 0 amide bonds. The topological polar surface area (TPSA) is 50.3 Å². The largest absolute Gasteiger partial charge is 0.266 e. The van der Waals surface area contributed by atoms with E-state index in [4.69, 9.17) is 7.85 Å². The summed E-state index contributed by atoms with van der Waals surface area (Å²) < 4.78 is 27.3. The van der Waals surface area contributed by atoms with Crippen LogP contribution in [0.2, 0.25) is 0 Å². The predicted octanol–water partition coefficient (Wildman–Crippen LogP) is 4.40. The van der Waals surface area contributed by atoms with Gasteiger partial charge in [0.25, 0.3) is 10.0 Å². The lowest BCUT2D eigenvalue weighted by molar-refractivity contribution is 0.586. The maximum Gasteiger partial charge on any atom is 0.265 e. The predicted molar refractivity (Wildman–Crippen MR) is 118 cm³/mol. The number of hydrogen-bond donors (Lipinski definition) is 0. The van der Waals surface area contributed by atoms with Gasteiger partial charge in [0, 0.05) is 18.9 Å². The van der Waals surface area contributed by atoms with E-state index in [-0.39, 0.29) is 4.90 Å². The van der Waals surface area contributed by atoms with Crippen LogP contribution in [-0.2, 0) is 16.4 Å². The standard InChI is InChI=1S/C15H15BN2O2S.3C2H6/c1-11-4-2-5-12-6-3-7-18(15(11)12)21(19,20)14-8-13(16)9-17-10-14;3*1-2/h2,4-5,8-10H,3,6-7H2,1H3;3*1-2H3. The van der Waals surface area contributed by atoms with Crippen molar-refractivity contribution in [1.29, 1.82) is 0 Å². The van der Waals surface area contributed by atoms with Gasteiger partial charge in [-0.25, -0.2) is 8.42 Å². The minimum Gasteiger partial charge on any atom is -0.266 e. The van der Waals surface area contributed by atoms with Crippen molar-refractivity contribution in [3.63, 3.8) is 0 Å². The van der Waals surface area contributed by atoms with Gasteiger partial charge in [0.05, 0.1) is 5.69 Å². The van der Waals surface area contributed by atoms with Crippen molar-refractivity contribution in [2.45, 2.75) is 66.2 Å². The third kappa shape index (κ3) is 6.10. The summed E-state index contributed by atoms with van der Waals surface area (Å²) in [4.78, 5) is 4.03. The number of sulfonamides is 1. The van der Waals surface area contributed by atoms with E-state index in [1.54, 1.807) is 0 Å². The molecule has 0 saturated carbocycles. The average Bonchev–Trinajstić information content (AvgIpc) is 2.72. The van der Waals surface area contributed by atoms with Crippen molar-refractivity contribution in [3.05, 3.63) is 47.8 Å². The number of pyridine rings is 1. The Bertz CT molecular complexity index is 793. The lowest BCUT2D eigenvalue weighted by atomic mass is 9.99. The van der Waals surface area contributed by atoms with Gasteiger partial charge in [-0.15, -0.1) is 0 Å². The van der Waals surface area contributed by atoms with E-state index in [9.17, 15) is 8.42 Å². The summed E-state index contributed by atoms with van der Waals surface area (Å²) in [5.41, 5.74) is 3.18. The first-order chi connectivity index (χ1) is 13.0. The van der Waals surface area contributed by atoms with Crippen LogP contribution in [0.15, 0.2) is 41.6 Å². The molecule has 6 heteroatoms. The van der Waals surface area contributed by atoms with Gasteiger partial charge in [0.15, 0.2) is 0 Å². The minimum atomic E-state index is -3.63. The van der Waals surface area contributed by atoms with Crippen LogP contribution in [0, 0.1) is 6.92 Å². The van der Waals surface area contributed by atoms with E-state index in [1.165, 1.54) is 22.8 Å². The summed E-state index contributed by atoms with van der Waals surface area (Å²) in [5, 5.41) is 0. The van der Waals surface area contributed by atoms with E-state index in [2.05, 4.69) is 4.98 Å². The van der Waals surface area contributed by atoms with Gasteiger partial charge in [-0.1, -0.05) is 65.2 Å². The van der Waals surface area contributed by atoms with Gasteiger partial charge < -0.3 is 0 Å². The van der Waals surface area contributed by atoms with Crippen LogP contribution >= 0.6 is 0 Å². The van der Waals surface area contributed by atoms with Gasteiger partial charge in [-0.05, 0) is 37.0 Å². The Morgan fingerprint density at radius 1 is 1.04 bits per heavy atom. The summed E-state index contributed by atoms with van der Waals surface area (Å²) >= 11 is 0. The number of aryl methyl sites for hydroxylation is 2. The monoisotopic (exact) mass is 388 g/mol. The molecule has 2 radical (unpaired) electrons. The lowest BCUT2D eigenvalue weighted by Gasteiger charge is -2.31. The molecule has 0 fully saturated rings. The molecule has 1 aliphatic heterocycles. The maximum absolute atomic E-state index is 12.9. The molecule has 1 aromatic heterocycles. The highest BCUT2D eigenvalue weighted by Crippen LogP contribution is 2.34. The fourth-order valence-corrected chi connectivity index (χ4v) is 4.35. The molecule has 0 bridgehead atoms. The highest BCUT2D eigenvalue weighted by atomic mass is 32.2. The molecule has 0 unspecified atom stereocenters. The molecule has 2 aromatic rings. The Labute approximate surface area is 167 Å². The molecule has 3 rings (SSSR count). The number of hydrogen-bond acceptors (Lipinski definition) is 3. The second kappa shape index (κ2) is 12.6. The van der Waals surface area contributed by atoms with Crippen molar-refractivity contribution in [1.82, 2.24) is 4.98 Å². The number of fused-ring (bicyclic) bond motifs is 1. The Kier molecular flexibility index (Phi) is 11.7. The third-order valence-electron chi connectivity index (χ3n) is 3.70. The molecule has 0 spiro atoms. The molecular formula is C21H33BN2O2S. The van der Waals surface area contributed by atoms with E-state index in [0.717, 1.165) is 29.7 Å². The molecule has 2 heterocycles. The molecule has 1 aliphatic rings. The number of nitrogens with zero attached hydrogens (tertiary/aromatic N) is 2. The molecule has 4 nitrogen and oxygen atoms in total. The molecule has 0 N–H and O–H groups in total. The highest BCUT2D eigenvalue weighted by Gasteiger charge is 2.30. The van der Waals surface area contributed by atoms with E-state index in [1.807, 2.05) is 66.7 Å². The van der Waals surface area contributed by atoms with Gasteiger partial charge in [0.2, 0.25) is 0 Å². The van der Waals surface area contributed by atoms with Gasteiger partial charge >= 0.3 is 0 Å². The summed E-state index contributed by atoms with van der Waals surface area (Å²) in [6, 6.07) is 7.34. The molecule has 0 atom stereocenters. The average molecular weight is 388 g/mol. The Morgan fingerprint density at radius 2 is 1.67 bits per heavy atom. The second-order valence-corrected chi connectivity index (χ2v) is 7.08. The summed E-state index contributed by atoms with van der Waals surface area (Å²) in [5.74, 6) is 0. The number of anilines is 1. The van der Waals surface area contributed by atoms with Crippen molar-refractivity contribution in [2.24, 2.45) is 0 Å². The second-order valence-electron chi connectivity index (χ2n) is 5.22. The molecule has 0 saturated heterocycles. The number of rotatable bonds is 2. The SMILES string of the molecule is CC.CC.CC.[B]c1cncc(S(=O)(=O)N2CCCc3cccc(C)c32)c1. The summed E-state index contributed by atoms with van der Waals surface area (Å²) in [6.45, 7) is 14.4. The van der Waals surface area contributed by atoms with Crippen molar-refractivity contribution >= 4 is 29.0 Å². The minimum absolute atomic E-state index is 0.138. The normalized spacial score (nSPS) is 12.2. The van der Waals surface area contributed by atoms with Crippen LogP contribution < -0.4 is 9.77 Å². The zero-order valence-electron chi connectivity index (χ0n) is 17.8. The Hall–Kier alpha value is -1.82. The van der Waals surface area contributed by atoms with Crippen LogP contribution in [0.25, 0.3) is 0 Å². The van der Waals surface area contributed by atoms with Gasteiger partial charge in [0.1, 0.15) is 12.7 Å². The zero-order valence-corrected chi connectivity index (χ0v) is 18.6. The van der Waals surface area contributed by atoms with Gasteiger partial charge in [-0.2, -0.15) is 0 Å². The first kappa shape index (κ1) is 25.2. The summed E-state index contributed by atoms with van der Waals surface area (Å²) in [7, 11) is 2.03. The molecular weight excluding hydrogens is 355 g/mol. The molecule has 148 valence electrons. The molecule has 27 heavy (non-hydrogen) atoms. The van der Waals surface area contributed by atoms with E-state index in [0.29, 0.717) is 12.0 Å². The molecule has 1 aromatic carbocycles. The molecule has 0 aliphatic carbocycles. The smallest absolute Gasteiger partial charge is 0.265 e.